The molecule has 3 aromatic rings. The molecule has 1 atom stereocenters. The predicted molar refractivity (Wildman–Crippen MR) is 89.4 cm³/mol. The highest BCUT2D eigenvalue weighted by Gasteiger charge is 2.14. The molecule has 3 aromatic carbocycles. The molecule has 0 heterocycles. The molecule has 3 rings (SSSR count). The van der Waals surface area contributed by atoms with Crippen LogP contribution in [0.2, 0.25) is 0 Å². The minimum Gasteiger partial charge on any atom is -0.497 e. The van der Waals surface area contributed by atoms with Crippen LogP contribution < -0.4 is 4.74 Å². The van der Waals surface area contributed by atoms with Gasteiger partial charge in [-0.1, -0.05) is 42.5 Å². The summed E-state index contributed by atoms with van der Waals surface area (Å²) in [4.78, 5) is 0. The highest BCUT2D eigenvalue weighted by molar-refractivity contribution is 6.22. The van der Waals surface area contributed by atoms with Crippen molar-refractivity contribution in [2.75, 3.05) is 7.11 Å². The number of hydrogen-bond acceptors (Lipinski definition) is 1. The van der Waals surface area contributed by atoms with E-state index < -0.39 is 0 Å². The lowest BCUT2D eigenvalue weighted by Crippen LogP contribution is -1.97. The highest BCUT2D eigenvalue weighted by Crippen LogP contribution is 2.34. The third-order valence-corrected chi connectivity index (χ3v) is 4.30. The molecule has 0 aliphatic heterocycles. The van der Waals surface area contributed by atoms with Crippen molar-refractivity contribution in [3.05, 3.63) is 77.4 Å². The Morgan fingerprint density at radius 2 is 1.67 bits per heavy atom. The van der Waals surface area contributed by atoms with Crippen LogP contribution in [0.1, 0.15) is 22.1 Å². The van der Waals surface area contributed by atoms with Gasteiger partial charge in [-0.2, -0.15) is 0 Å². The Morgan fingerprint density at radius 3 is 2.38 bits per heavy atom. The molecule has 0 aliphatic rings. The molecule has 0 fully saturated rings. The Hall–Kier alpha value is -1.99. The van der Waals surface area contributed by atoms with E-state index in [0.29, 0.717) is 0 Å². The summed E-state index contributed by atoms with van der Waals surface area (Å²) in [6, 6.07) is 20.7. The second-order valence-electron chi connectivity index (χ2n) is 5.19. The van der Waals surface area contributed by atoms with Gasteiger partial charge in [0.2, 0.25) is 0 Å². The van der Waals surface area contributed by atoms with Gasteiger partial charge in [-0.3, -0.25) is 0 Å². The Morgan fingerprint density at radius 1 is 0.905 bits per heavy atom. The number of aryl methyl sites for hydroxylation is 1. The first-order valence-corrected chi connectivity index (χ1v) is 7.40. The topological polar surface area (TPSA) is 9.23 Å². The van der Waals surface area contributed by atoms with Gasteiger partial charge in [0.05, 0.1) is 12.5 Å². The summed E-state index contributed by atoms with van der Waals surface area (Å²) < 4.78 is 5.25. The smallest absolute Gasteiger partial charge is 0.119 e. The number of rotatable bonds is 3. The maximum absolute atomic E-state index is 6.69. The van der Waals surface area contributed by atoms with Crippen molar-refractivity contribution in [3.8, 4) is 5.75 Å². The summed E-state index contributed by atoms with van der Waals surface area (Å²) in [5.41, 5.74) is 3.37. The second-order valence-corrected chi connectivity index (χ2v) is 5.63. The number of halogens is 1. The second kappa shape index (κ2) is 5.79. The van der Waals surface area contributed by atoms with E-state index in [1.807, 2.05) is 30.3 Å². The molecule has 106 valence electrons. The van der Waals surface area contributed by atoms with Crippen molar-refractivity contribution >= 4 is 22.4 Å². The van der Waals surface area contributed by atoms with Crippen LogP contribution in [0.25, 0.3) is 10.8 Å². The zero-order chi connectivity index (χ0) is 14.8. The van der Waals surface area contributed by atoms with Crippen molar-refractivity contribution in [3.63, 3.8) is 0 Å². The lowest BCUT2D eigenvalue weighted by Gasteiger charge is -2.15. The first-order valence-electron chi connectivity index (χ1n) is 6.96. The Labute approximate surface area is 130 Å². The molecular weight excluding hydrogens is 280 g/mol. The van der Waals surface area contributed by atoms with Crippen molar-refractivity contribution < 1.29 is 4.74 Å². The van der Waals surface area contributed by atoms with Crippen LogP contribution in [-0.2, 0) is 0 Å². The van der Waals surface area contributed by atoms with Crippen LogP contribution in [0, 0.1) is 6.92 Å². The summed E-state index contributed by atoms with van der Waals surface area (Å²) in [6.07, 6.45) is 0. The molecule has 0 aromatic heterocycles. The SMILES string of the molecule is COc1ccc(C(Cl)c2ccc3ccccc3c2)c(C)c1. The van der Waals surface area contributed by atoms with Gasteiger partial charge in [0.15, 0.2) is 0 Å². The van der Waals surface area contributed by atoms with Crippen LogP contribution >= 0.6 is 11.6 Å². The number of fused-ring (bicyclic) bond motifs is 1. The molecule has 0 saturated carbocycles. The number of benzene rings is 3. The number of hydrogen-bond donors (Lipinski definition) is 0. The van der Waals surface area contributed by atoms with Crippen molar-refractivity contribution in [2.24, 2.45) is 0 Å². The molecule has 0 radical (unpaired) electrons. The van der Waals surface area contributed by atoms with Gasteiger partial charge in [-0.25, -0.2) is 0 Å². The summed E-state index contributed by atoms with van der Waals surface area (Å²) in [5, 5.41) is 2.30. The fourth-order valence-electron chi connectivity index (χ4n) is 2.60. The van der Waals surface area contributed by atoms with E-state index in [0.717, 1.165) is 22.4 Å². The minimum atomic E-state index is -0.152. The predicted octanol–water partition coefficient (Wildman–Crippen LogP) is 5.49. The molecule has 0 aliphatic carbocycles. The van der Waals surface area contributed by atoms with Crippen LogP contribution in [0.5, 0.6) is 5.75 Å². The molecule has 0 spiro atoms. The van der Waals surface area contributed by atoms with Gasteiger partial charge < -0.3 is 4.74 Å². The molecule has 0 bridgehead atoms. The third kappa shape index (κ3) is 2.74. The summed E-state index contributed by atoms with van der Waals surface area (Å²) in [5.74, 6) is 0.860. The largest absolute Gasteiger partial charge is 0.497 e. The summed E-state index contributed by atoms with van der Waals surface area (Å²) >= 11 is 6.69. The minimum absolute atomic E-state index is 0.152. The first-order chi connectivity index (χ1) is 10.2. The van der Waals surface area contributed by atoms with Crippen LogP contribution in [0.15, 0.2) is 60.7 Å². The van der Waals surface area contributed by atoms with Crippen molar-refractivity contribution in [1.82, 2.24) is 0 Å². The van der Waals surface area contributed by atoms with Crippen molar-refractivity contribution in [2.45, 2.75) is 12.3 Å². The van der Waals surface area contributed by atoms with Gasteiger partial charge in [-0.15, -0.1) is 11.6 Å². The van der Waals surface area contributed by atoms with E-state index in [4.69, 9.17) is 16.3 Å². The maximum atomic E-state index is 6.69. The van der Waals surface area contributed by atoms with Gasteiger partial charge in [-0.05, 0) is 52.6 Å². The summed E-state index contributed by atoms with van der Waals surface area (Å²) in [6.45, 7) is 2.06. The monoisotopic (exact) mass is 296 g/mol. The molecule has 1 unspecified atom stereocenters. The van der Waals surface area contributed by atoms with Crippen LogP contribution in [-0.4, -0.2) is 7.11 Å². The first kappa shape index (κ1) is 14.0. The Bertz CT molecular complexity index is 779. The lowest BCUT2D eigenvalue weighted by atomic mass is 9.97. The van der Waals surface area contributed by atoms with E-state index in [9.17, 15) is 0 Å². The van der Waals surface area contributed by atoms with E-state index in [2.05, 4.69) is 37.3 Å². The van der Waals surface area contributed by atoms with E-state index >= 15 is 0 Å². The molecule has 2 heteroatoms. The fourth-order valence-corrected chi connectivity index (χ4v) is 2.99. The fraction of sp³-hybridized carbons (Fsp3) is 0.158. The third-order valence-electron chi connectivity index (χ3n) is 3.82. The van der Waals surface area contributed by atoms with Crippen LogP contribution in [0.3, 0.4) is 0 Å². The Balaban J connectivity index is 2.01. The van der Waals surface area contributed by atoms with Gasteiger partial charge in [0.1, 0.15) is 5.75 Å². The zero-order valence-corrected chi connectivity index (χ0v) is 12.9. The van der Waals surface area contributed by atoms with Gasteiger partial charge >= 0.3 is 0 Å². The van der Waals surface area contributed by atoms with Crippen molar-refractivity contribution in [1.29, 1.82) is 0 Å². The van der Waals surface area contributed by atoms with Gasteiger partial charge in [0.25, 0.3) is 0 Å². The standard InChI is InChI=1S/C19H17ClO/c1-13-11-17(21-2)9-10-18(13)19(20)16-8-7-14-5-3-4-6-15(14)12-16/h3-12,19H,1-2H3. The molecule has 0 N–H and O–H groups in total. The normalized spacial score (nSPS) is 12.3. The number of ether oxygens (including phenoxy) is 1. The van der Waals surface area contributed by atoms with Gasteiger partial charge in [0, 0.05) is 0 Å². The summed E-state index contributed by atoms with van der Waals surface area (Å²) in [7, 11) is 1.68. The molecule has 21 heavy (non-hydrogen) atoms. The number of alkyl halides is 1. The number of methoxy groups -OCH3 is 1. The van der Waals surface area contributed by atoms with E-state index in [-0.39, 0.29) is 5.38 Å². The average Bonchev–Trinajstić information content (AvgIpc) is 2.53. The van der Waals surface area contributed by atoms with E-state index in [1.54, 1.807) is 7.11 Å². The quantitative estimate of drug-likeness (QED) is 0.581. The molecule has 0 amide bonds. The molecular formula is C19H17ClO. The lowest BCUT2D eigenvalue weighted by molar-refractivity contribution is 0.414. The average molecular weight is 297 g/mol. The Kier molecular flexibility index (Phi) is 3.85. The van der Waals surface area contributed by atoms with Crippen LogP contribution in [0.4, 0.5) is 0 Å². The van der Waals surface area contributed by atoms with E-state index in [1.165, 1.54) is 10.8 Å². The zero-order valence-electron chi connectivity index (χ0n) is 12.1. The molecule has 0 saturated heterocycles. The molecule has 1 nitrogen and oxygen atoms in total. The highest BCUT2D eigenvalue weighted by atomic mass is 35.5. The maximum Gasteiger partial charge on any atom is 0.119 e.